The molecule has 1 amide bonds. The van der Waals surface area contributed by atoms with Crippen molar-refractivity contribution >= 4 is 17.4 Å². The summed E-state index contributed by atoms with van der Waals surface area (Å²) < 4.78 is 0. The van der Waals surface area contributed by atoms with E-state index < -0.39 is 11.7 Å². The number of nitrogens with zero attached hydrogens (tertiary/aromatic N) is 2. The number of hydrogen-bond acceptors (Lipinski definition) is 4. The fourth-order valence-electron chi connectivity index (χ4n) is 2.15. The number of Topliss-reactive ketones (excluding diaryl/α,β-unsaturated/α-hetero) is 1. The van der Waals surface area contributed by atoms with Crippen LogP contribution in [0.3, 0.4) is 0 Å². The molecule has 3 aromatic rings. The molecule has 5 heteroatoms. The van der Waals surface area contributed by atoms with Crippen LogP contribution in [-0.2, 0) is 4.79 Å². The highest BCUT2D eigenvalue weighted by molar-refractivity contribution is 6.46. The van der Waals surface area contributed by atoms with Gasteiger partial charge in [0.2, 0.25) is 0 Å². The second-order valence-corrected chi connectivity index (χ2v) is 5.31. The average molecular weight is 317 g/mol. The Morgan fingerprint density at radius 2 is 1.50 bits per heavy atom. The first-order valence-electron chi connectivity index (χ1n) is 7.43. The Balaban J connectivity index is 1.70. The summed E-state index contributed by atoms with van der Waals surface area (Å²) in [5.74, 6) is -0.754. The molecule has 2 aromatic carbocycles. The van der Waals surface area contributed by atoms with Crippen molar-refractivity contribution in [2.75, 3.05) is 5.32 Å². The smallest absolute Gasteiger partial charge is 0.296 e. The SMILES string of the molecule is Cc1ccc(C(=O)C(=O)Nc2cnc(-c3ccccc3)nc2)cc1. The molecule has 118 valence electrons. The van der Waals surface area contributed by atoms with Crippen LogP contribution in [0.5, 0.6) is 0 Å². The van der Waals surface area contributed by atoms with Gasteiger partial charge in [0.1, 0.15) is 0 Å². The summed E-state index contributed by atoms with van der Waals surface area (Å²) >= 11 is 0. The molecule has 0 saturated heterocycles. The van der Waals surface area contributed by atoms with Crippen molar-refractivity contribution in [1.29, 1.82) is 0 Å². The monoisotopic (exact) mass is 317 g/mol. The first-order chi connectivity index (χ1) is 11.6. The molecule has 0 bridgehead atoms. The van der Waals surface area contributed by atoms with Gasteiger partial charge in [-0.3, -0.25) is 9.59 Å². The molecule has 24 heavy (non-hydrogen) atoms. The first kappa shape index (κ1) is 15.6. The Morgan fingerprint density at radius 1 is 0.875 bits per heavy atom. The minimum atomic E-state index is -0.713. The van der Waals surface area contributed by atoms with E-state index in [0.717, 1.165) is 11.1 Å². The van der Waals surface area contributed by atoms with Gasteiger partial charge in [-0.2, -0.15) is 0 Å². The summed E-state index contributed by atoms with van der Waals surface area (Å²) in [6, 6.07) is 16.3. The van der Waals surface area contributed by atoms with Crippen molar-refractivity contribution in [3.05, 3.63) is 78.1 Å². The summed E-state index contributed by atoms with van der Waals surface area (Å²) in [5.41, 5.74) is 2.63. The van der Waals surface area contributed by atoms with Crippen molar-refractivity contribution in [2.24, 2.45) is 0 Å². The molecular formula is C19H15N3O2. The Kier molecular flexibility index (Phi) is 4.43. The molecule has 3 rings (SSSR count). The lowest BCUT2D eigenvalue weighted by molar-refractivity contribution is -0.112. The van der Waals surface area contributed by atoms with E-state index in [1.54, 1.807) is 24.3 Å². The zero-order valence-corrected chi connectivity index (χ0v) is 13.1. The summed E-state index contributed by atoms with van der Waals surface area (Å²) in [7, 11) is 0. The summed E-state index contributed by atoms with van der Waals surface area (Å²) in [6.07, 6.45) is 2.96. The number of carbonyl (C=O) groups is 2. The maximum atomic E-state index is 12.1. The van der Waals surface area contributed by atoms with Crippen LogP contribution >= 0.6 is 0 Å². The predicted molar refractivity (Wildman–Crippen MR) is 91.6 cm³/mol. The van der Waals surface area contributed by atoms with Crippen LogP contribution in [0.15, 0.2) is 67.0 Å². The van der Waals surface area contributed by atoms with Gasteiger partial charge in [0, 0.05) is 11.1 Å². The molecule has 0 radical (unpaired) electrons. The number of aromatic nitrogens is 2. The van der Waals surface area contributed by atoms with Gasteiger partial charge in [-0.05, 0) is 6.92 Å². The van der Waals surface area contributed by atoms with Gasteiger partial charge in [-0.1, -0.05) is 60.2 Å². The number of hydrogen-bond donors (Lipinski definition) is 1. The normalized spacial score (nSPS) is 10.2. The van der Waals surface area contributed by atoms with E-state index in [9.17, 15) is 9.59 Å². The van der Waals surface area contributed by atoms with Gasteiger partial charge in [0.15, 0.2) is 5.82 Å². The molecule has 0 saturated carbocycles. The minimum absolute atomic E-state index is 0.347. The highest BCUT2D eigenvalue weighted by Crippen LogP contribution is 2.15. The number of benzene rings is 2. The molecule has 0 atom stereocenters. The minimum Gasteiger partial charge on any atom is -0.316 e. The van der Waals surface area contributed by atoms with E-state index in [0.29, 0.717) is 17.1 Å². The van der Waals surface area contributed by atoms with E-state index in [4.69, 9.17) is 0 Å². The number of amides is 1. The molecule has 1 aromatic heterocycles. The largest absolute Gasteiger partial charge is 0.316 e. The van der Waals surface area contributed by atoms with Gasteiger partial charge in [-0.25, -0.2) is 9.97 Å². The molecule has 0 unspecified atom stereocenters. The number of ketones is 1. The van der Waals surface area contributed by atoms with Crippen molar-refractivity contribution in [2.45, 2.75) is 6.92 Å². The van der Waals surface area contributed by atoms with E-state index >= 15 is 0 Å². The zero-order chi connectivity index (χ0) is 16.9. The van der Waals surface area contributed by atoms with Crippen molar-refractivity contribution in [1.82, 2.24) is 9.97 Å². The van der Waals surface area contributed by atoms with Crippen molar-refractivity contribution in [3.8, 4) is 11.4 Å². The lowest BCUT2D eigenvalue weighted by atomic mass is 10.1. The summed E-state index contributed by atoms with van der Waals surface area (Å²) in [6.45, 7) is 1.92. The van der Waals surface area contributed by atoms with Gasteiger partial charge in [0.05, 0.1) is 18.1 Å². The third-order valence-corrected chi connectivity index (χ3v) is 3.46. The van der Waals surface area contributed by atoms with Crippen molar-refractivity contribution < 1.29 is 9.59 Å². The van der Waals surface area contributed by atoms with Gasteiger partial charge in [0.25, 0.3) is 11.7 Å². The van der Waals surface area contributed by atoms with Crippen LogP contribution in [-0.4, -0.2) is 21.7 Å². The predicted octanol–water partition coefficient (Wildman–Crippen LogP) is 3.27. The van der Waals surface area contributed by atoms with Crippen molar-refractivity contribution in [3.63, 3.8) is 0 Å². The first-order valence-corrected chi connectivity index (χ1v) is 7.43. The van der Waals surface area contributed by atoms with E-state index in [1.165, 1.54) is 12.4 Å². The van der Waals surface area contributed by atoms with Crippen LogP contribution in [0.4, 0.5) is 5.69 Å². The topological polar surface area (TPSA) is 72.0 Å². The second kappa shape index (κ2) is 6.83. The van der Waals surface area contributed by atoms with Crippen LogP contribution in [0, 0.1) is 6.92 Å². The highest BCUT2D eigenvalue weighted by atomic mass is 16.2. The van der Waals surface area contributed by atoms with Gasteiger partial charge >= 0.3 is 0 Å². The fourth-order valence-corrected chi connectivity index (χ4v) is 2.15. The fraction of sp³-hybridized carbons (Fsp3) is 0.0526. The Bertz CT molecular complexity index is 857. The second-order valence-electron chi connectivity index (χ2n) is 5.31. The third kappa shape index (κ3) is 3.52. The molecule has 0 spiro atoms. The zero-order valence-electron chi connectivity index (χ0n) is 13.1. The van der Waals surface area contributed by atoms with Crippen LogP contribution < -0.4 is 5.32 Å². The molecule has 0 aliphatic heterocycles. The molecule has 1 N–H and O–H groups in total. The maximum Gasteiger partial charge on any atom is 0.296 e. The van der Waals surface area contributed by atoms with Gasteiger partial charge < -0.3 is 5.32 Å². The van der Waals surface area contributed by atoms with E-state index in [1.807, 2.05) is 37.3 Å². The molecule has 1 heterocycles. The maximum absolute atomic E-state index is 12.1. The number of rotatable bonds is 4. The Morgan fingerprint density at radius 3 is 2.12 bits per heavy atom. The number of anilines is 1. The Labute approximate surface area is 139 Å². The number of aryl methyl sites for hydroxylation is 1. The molecule has 5 nitrogen and oxygen atoms in total. The Hall–Kier alpha value is -3.34. The third-order valence-electron chi connectivity index (χ3n) is 3.46. The molecule has 0 aliphatic carbocycles. The number of carbonyl (C=O) groups excluding carboxylic acids is 2. The van der Waals surface area contributed by atoms with Gasteiger partial charge in [-0.15, -0.1) is 0 Å². The number of nitrogens with one attached hydrogen (secondary N) is 1. The van der Waals surface area contributed by atoms with E-state index in [-0.39, 0.29) is 0 Å². The average Bonchev–Trinajstić information content (AvgIpc) is 2.63. The highest BCUT2D eigenvalue weighted by Gasteiger charge is 2.16. The standard InChI is InChI=1S/C19H15N3O2/c1-13-7-9-14(10-8-13)17(23)19(24)22-16-11-20-18(21-12-16)15-5-3-2-4-6-15/h2-12H,1H3,(H,22,24). The van der Waals surface area contributed by atoms with Crippen LogP contribution in [0.25, 0.3) is 11.4 Å². The van der Waals surface area contributed by atoms with E-state index in [2.05, 4.69) is 15.3 Å². The molecular weight excluding hydrogens is 302 g/mol. The summed E-state index contributed by atoms with van der Waals surface area (Å²) in [4.78, 5) is 32.5. The molecule has 0 fully saturated rings. The van der Waals surface area contributed by atoms with Crippen LogP contribution in [0.1, 0.15) is 15.9 Å². The molecule has 0 aliphatic rings. The lowest BCUT2D eigenvalue weighted by Crippen LogP contribution is -2.23. The van der Waals surface area contributed by atoms with Crippen LogP contribution in [0.2, 0.25) is 0 Å². The quantitative estimate of drug-likeness (QED) is 0.592. The summed E-state index contributed by atoms with van der Waals surface area (Å²) in [5, 5.41) is 2.52. The lowest BCUT2D eigenvalue weighted by Gasteiger charge is -2.05.